The Balaban J connectivity index is 2.97. The zero-order valence-electron chi connectivity index (χ0n) is 10.1. The van der Waals surface area contributed by atoms with E-state index in [0.717, 1.165) is 12.1 Å². The molecule has 0 aliphatic rings. The molecule has 1 aromatic rings. The second-order valence-corrected chi connectivity index (χ2v) is 3.87. The summed E-state index contributed by atoms with van der Waals surface area (Å²) in [6.45, 7) is 5.39. The first-order valence-corrected chi connectivity index (χ1v) is 5.22. The Morgan fingerprint density at radius 2 is 2.00 bits per heavy atom. The molecule has 0 aliphatic heterocycles. The van der Waals surface area contributed by atoms with Gasteiger partial charge in [0, 0.05) is 5.46 Å². The van der Waals surface area contributed by atoms with E-state index in [1.54, 1.807) is 6.92 Å². The van der Waals surface area contributed by atoms with Crippen LogP contribution in [0.2, 0.25) is 0 Å². The maximum atomic E-state index is 12.0. The Labute approximate surface area is 108 Å². The molecule has 8 heteroatoms. The summed E-state index contributed by atoms with van der Waals surface area (Å²) in [5, 5.41) is 18.2. The molecule has 0 saturated carbocycles. The first kappa shape index (κ1) is 15.4. The molecule has 0 atom stereocenters. The number of alkyl halides is 3. The molecule has 0 aliphatic carbocycles. The summed E-state index contributed by atoms with van der Waals surface area (Å²) in [5.41, 5.74) is 0.456. The van der Waals surface area contributed by atoms with Gasteiger partial charge >= 0.3 is 13.5 Å². The molecule has 0 unspecified atom stereocenters. The smallest absolute Gasteiger partial charge is 0.490 e. The lowest BCUT2D eigenvalue weighted by molar-refractivity contribution is -0.274. The third-order valence-corrected chi connectivity index (χ3v) is 1.97. The summed E-state index contributed by atoms with van der Waals surface area (Å²) in [7, 11) is -1.98. The molecule has 0 fully saturated rings. The third kappa shape index (κ3) is 5.23. The first-order valence-electron chi connectivity index (χ1n) is 5.22. The van der Waals surface area contributed by atoms with Crippen molar-refractivity contribution in [3.8, 4) is 11.5 Å². The molecule has 1 rings (SSSR count). The molecule has 0 saturated heterocycles. The second-order valence-electron chi connectivity index (χ2n) is 3.87. The van der Waals surface area contributed by atoms with Crippen LogP contribution >= 0.6 is 0 Å². The normalized spacial score (nSPS) is 11.1. The van der Waals surface area contributed by atoms with Crippen LogP contribution in [0.15, 0.2) is 30.4 Å². The minimum Gasteiger partial charge on any atom is -0.490 e. The highest BCUT2D eigenvalue weighted by Crippen LogP contribution is 2.24. The average molecular weight is 276 g/mol. The highest BCUT2D eigenvalue weighted by atomic mass is 19.4. The number of hydrogen-bond acceptors (Lipinski definition) is 4. The maximum absolute atomic E-state index is 12.0. The summed E-state index contributed by atoms with van der Waals surface area (Å²) < 4.78 is 45.0. The Kier molecular flexibility index (Phi) is 4.85. The quantitative estimate of drug-likeness (QED) is 0.627. The van der Waals surface area contributed by atoms with E-state index < -0.39 is 19.2 Å². The van der Waals surface area contributed by atoms with Gasteiger partial charge in [0.05, 0.1) is 0 Å². The summed E-state index contributed by atoms with van der Waals surface area (Å²) in [5.74, 6) is -0.509. The fourth-order valence-electron chi connectivity index (χ4n) is 1.26. The molecule has 2 N–H and O–H groups in total. The van der Waals surface area contributed by atoms with E-state index in [-0.39, 0.29) is 17.8 Å². The van der Waals surface area contributed by atoms with Crippen LogP contribution in [0.25, 0.3) is 0 Å². The van der Waals surface area contributed by atoms with E-state index in [0.29, 0.717) is 5.57 Å². The van der Waals surface area contributed by atoms with Gasteiger partial charge in [-0.3, -0.25) is 0 Å². The SMILES string of the molecule is C=C(C)COc1ccc(OC(F)(F)F)cc1B(O)O. The summed E-state index contributed by atoms with van der Waals surface area (Å²) in [6.07, 6.45) is -4.85. The van der Waals surface area contributed by atoms with Gasteiger partial charge in [0.15, 0.2) is 0 Å². The van der Waals surface area contributed by atoms with E-state index in [4.69, 9.17) is 14.8 Å². The molecular weight excluding hydrogens is 264 g/mol. The predicted octanol–water partition coefficient (Wildman–Crippen LogP) is 1.22. The van der Waals surface area contributed by atoms with Crippen molar-refractivity contribution in [1.82, 2.24) is 0 Å². The van der Waals surface area contributed by atoms with Crippen molar-refractivity contribution in [3.05, 3.63) is 30.4 Å². The van der Waals surface area contributed by atoms with Gasteiger partial charge in [-0.05, 0) is 30.7 Å². The lowest BCUT2D eigenvalue weighted by Gasteiger charge is -2.14. The Morgan fingerprint density at radius 1 is 1.37 bits per heavy atom. The van der Waals surface area contributed by atoms with E-state index >= 15 is 0 Å². The van der Waals surface area contributed by atoms with Crippen LogP contribution in [0.1, 0.15) is 6.92 Å². The average Bonchev–Trinajstić information content (AvgIpc) is 2.24. The van der Waals surface area contributed by atoms with Crippen LogP contribution in [0.5, 0.6) is 11.5 Å². The van der Waals surface area contributed by atoms with Crippen molar-refractivity contribution in [2.75, 3.05) is 6.61 Å². The molecule has 1 aromatic carbocycles. The number of rotatable bonds is 5. The fraction of sp³-hybridized carbons (Fsp3) is 0.273. The molecule has 0 radical (unpaired) electrons. The molecule has 0 bridgehead atoms. The minimum absolute atomic E-state index is 0.0486. The second kappa shape index (κ2) is 5.98. The molecule has 0 amide bonds. The van der Waals surface area contributed by atoms with Crippen molar-refractivity contribution in [2.24, 2.45) is 0 Å². The third-order valence-electron chi connectivity index (χ3n) is 1.97. The molecule has 0 heterocycles. The van der Waals surface area contributed by atoms with Gasteiger partial charge in [0.1, 0.15) is 18.1 Å². The molecule has 0 spiro atoms. The number of ether oxygens (including phenoxy) is 2. The van der Waals surface area contributed by atoms with Crippen LogP contribution in [0.4, 0.5) is 13.2 Å². The summed E-state index contributed by atoms with van der Waals surface area (Å²) in [6, 6.07) is 3.04. The largest absolute Gasteiger partial charge is 0.573 e. The van der Waals surface area contributed by atoms with Gasteiger partial charge in [-0.15, -0.1) is 13.2 Å². The van der Waals surface area contributed by atoms with Crippen LogP contribution in [0, 0.1) is 0 Å². The van der Waals surface area contributed by atoms with Gasteiger partial charge in [-0.2, -0.15) is 0 Å². The highest BCUT2D eigenvalue weighted by Gasteiger charge is 2.32. The van der Waals surface area contributed by atoms with Crippen molar-refractivity contribution >= 4 is 12.6 Å². The Bertz CT molecular complexity index is 460. The number of halogens is 3. The molecule has 19 heavy (non-hydrogen) atoms. The highest BCUT2D eigenvalue weighted by molar-refractivity contribution is 6.59. The van der Waals surface area contributed by atoms with Crippen molar-refractivity contribution in [1.29, 1.82) is 0 Å². The number of hydrogen-bond donors (Lipinski definition) is 2. The monoisotopic (exact) mass is 276 g/mol. The van der Waals surface area contributed by atoms with E-state index in [2.05, 4.69) is 11.3 Å². The van der Waals surface area contributed by atoms with Gasteiger partial charge in [-0.1, -0.05) is 6.58 Å². The van der Waals surface area contributed by atoms with Crippen molar-refractivity contribution < 1.29 is 32.7 Å². The zero-order chi connectivity index (χ0) is 14.6. The van der Waals surface area contributed by atoms with Crippen molar-refractivity contribution in [2.45, 2.75) is 13.3 Å². The van der Waals surface area contributed by atoms with Gasteiger partial charge in [0.25, 0.3) is 0 Å². The lowest BCUT2D eigenvalue weighted by atomic mass is 9.79. The lowest BCUT2D eigenvalue weighted by Crippen LogP contribution is -2.32. The topological polar surface area (TPSA) is 58.9 Å². The van der Waals surface area contributed by atoms with Gasteiger partial charge < -0.3 is 19.5 Å². The van der Waals surface area contributed by atoms with Crippen LogP contribution in [-0.4, -0.2) is 30.1 Å². The molecule has 0 aromatic heterocycles. The molecule has 4 nitrogen and oxygen atoms in total. The Hall–Kier alpha value is -1.67. The van der Waals surface area contributed by atoms with Gasteiger partial charge in [-0.25, -0.2) is 0 Å². The summed E-state index contributed by atoms with van der Waals surface area (Å²) in [4.78, 5) is 0. The summed E-state index contributed by atoms with van der Waals surface area (Å²) >= 11 is 0. The number of benzene rings is 1. The van der Waals surface area contributed by atoms with E-state index in [9.17, 15) is 13.2 Å². The van der Waals surface area contributed by atoms with Crippen LogP contribution in [-0.2, 0) is 0 Å². The van der Waals surface area contributed by atoms with E-state index in [1.807, 2.05) is 0 Å². The predicted molar refractivity (Wildman–Crippen MR) is 63.3 cm³/mol. The zero-order valence-corrected chi connectivity index (χ0v) is 10.1. The molecular formula is C11H12BF3O4. The minimum atomic E-state index is -4.85. The van der Waals surface area contributed by atoms with E-state index in [1.165, 1.54) is 6.07 Å². The standard InChI is InChI=1S/C11H12BF3O4/c1-7(2)6-18-10-4-3-8(19-11(13,14)15)5-9(10)12(16)17/h3-5,16-17H,1,6H2,2H3. The molecule has 104 valence electrons. The Morgan fingerprint density at radius 3 is 2.47 bits per heavy atom. The maximum Gasteiger partial charge on any atom is 0.573 e. The van der Waals surface area contributed by atoms with Crippen molar-refractivity contribution in [3.63, 3.8) is 0 Å². The fourth-order valence-corrected chi connectivity index (χ4v) is 1.26. The van der Waals surface area contributed by atoms with Gasteiger partial charge in [0.2, 0.25) is 0 Å². The van der Waals surface area contributed by atoms with Crippen LogP contribution < -0.4 is 14.9 Å². The first-order chi connectivity index (χ1) is 8.69. The van der Waals surface area contributed by atoms with Crippen LogP contribution in [0.3, 0.4) is 0 Å².